The van der Waals surface area contributed by atoms with Crippen molar-refractivity contribution in [2.24, 2.45) is 0 Å². The van der Waals surface area contributed by atoms with E-state index in [-0.39, 0.29) is 11.8 Å². The van der Waals surface area contributed by atoms with Gasteiger partial charge in [0.05, 0.1) is 5.69 Å². The molecular weight excluding hydrogens is 354 g/mol. The second-order valence-electron chi connectivity index (χ2n) is 7.13. The molecule has 4 rings (SSSR count). The van der Waals surface area contributed by atoms with Crippen LogP contribution in [0.4, 0.5) is 5.69 Å². The SMILES string of the molecule is CC(=O)Nc1ccc2nnc(-c3ccc(C(=O)N4CCCCCC4)cc3)n2c1. The Balaban J connectivity index is 1.60. The average Bonchev–Trinajstić information content (AvgIpc) is 2.92. The van der Waals surface area contributed by atoms with Crippen LogP contribution < -0.4 is 5.32 Å². The van der Waals surface area contributed by atoms with Gasteiger partial charge in [-0.3, -0.25) is 14.0 Å². The lowest BCUT2D eigenvalue weighted by atomic mass is 10.1. The van der Waals surface area contributed by atoms with Gasteiger partial charge in [-0.25, -0.2) is 0 Å². The highest BCUT2D eigenvalue weighted by atomic mass is 16.2. The topological polar surface area (TPSA) is 79.6 Å². The number of carbonyl (C=O) groups is 2. The second kappa shape index (κ2) is 7.80. The van der Waals surface area contributed by atoms with E-state index in [9.17, 15) is 9.59 Å². The average molecular weight is 377 g/mol. The second-order valence-corrected chi connectivity index (χ2v) is 7.13. The molecule has 144 valence electrons. The summed E-state index contributed by atoms with van der Waals surface area (Å²) < 4.78 is 1.83. The van der Waals surface area contributed by atoms with E-state index in [0.717, 1.165) is 31.5 Å². The first-order valence-corrected chi connectivity index (χ1v) is 9.64. The van der Waals surface area contributed by atoms with Crippen molar-refractivity contribution in [1.29, 1.82) is 0 Å². The maximum Gasteiger partial charge on any atom is 0.253 e. The minimum absolute atomic E-state index is 0.0903. The van der Waals surface area contributed by atoms with Crippen LogP contribution in [0.25, 0.3) is 17.0 Å². The lowest BCUT2D eigenvalue weighted by molar-refractivity contribution is -0.114. The predicted octanol–water partition coefficient (Wildman–Crippen LogP) is 3.37. The fourth-order valence-electron chi connectivity index (χ4n) is 3.58. The highest BCUT2D eigenvalue weighted by Crippen LogP contribution is 2.22. The number of rotatable bonds is 3. The molecule has 1 aliphatic heterocycles. The molecule has 7 nitrogen and oxygen atoms in total. The van der Waals surface area contributed by atoms with Crippen molar-refractivity contribution in [3.05, 3.63) is 48.2 Å². The molecule has 0 atom stereocenters. The molecule has 1 aliphatic rings. The number of anilines is 1. The Morgan fingerprint density at radius 3 is 2.32 bits per heavy atom. The quantitative estimate of drug-likeness (QED) is 0.759. The Hall–Kier alpha value is -3.22. The van der Waals surface area contributed by atoms with Gasteiger partial charge < -0.3 is 10.2 Å². The van der Waals surface area contributed by atoms with Gasteiger partial charge in [-0.1, -0.05) is 25.0 Å². The maximum absolute atomic E-state index is 12.8. The lowest BCUT2D eigenvalue weighted by Crippen LogP contribution is -2.31. The van der Waals surface area contributed by atoms with Crippen molar-refractivity contribution < 1.29 is 9.59 Å². The molecule has 0 aliphatic carbocycles. The van der Waals surface area contributed by atoms with Crippen LogP contribution in [0.3, 0.4) is 0 Å². The number of likely N-dealkylation sites (tertiary alicyclic amines) is 1. The zero-order chi connectivity index (χ0) is 19.5. The first-order valence-electron chi connectivity index (χ1n) is 9.64. The third-order valence-electron chi connectivity index (χ3n) is 5.01. The normalized spacial score (nSPS) is 14.7. The van der Waals surface area contributed by atoms with Crippen molar-refractivity contribution >= 4 is 23.1 Å². The Morgan fingerprint density at radius 1 is 0.929 bits per heavy atom. The number of benzene rings is 1. The van der Waals surface area contributed by atoms with Crippen LogP contribution in [0.5, 0.6) is 0 Å². The van der Waals surface area contributed by atoms with E-state index in [0.29, 0.717) is 22.7 Å². The Bertz CT molecular complexity index is 1000. The molecular formula is C21H23N5O2. The standard InChI is InChI=1S/C21H23N5O2/c1-15(27)22-18-10-11-19-23-24-20(26(19)14-18)16-6-8-17(9-7-16)21(28)25-12-4-2-3-5-13-25/h6-11,14H,2-5,12-13H2,1H3,(H,22,27). The fourth-order valence-corrected chi connectivity index (χ4v) is 3.58. The van der Waals surface area contributed by atoms with Crippen LogP contribution in [0.1, 0.15) is 43.0 Å². The fraction of sp³-hybridized carbons (Fsp3) is 0.333. The van der Waals surface area contributed by atoms with Crippen molar-refractivity contribution in [3.63, 3.8) is 0 Å². The molecule has 0 saturated carbocycles. The van der Waals surface area contributed by atoms with Crippen LogP contribution in [0, 0.1) is 0 Å². The van der Waals surface area contributed by atoms with Crippen LogP contribution >= 0.6 is 0 Å². The summed E-state index contributed by atoms with van der Waals surface area (Å²) in [4.78, 5) is 26.0. The van der Waals surface area contributed by atoms with Crippen molar-refractivity contribution in [2.75, 3.05) is 18.4 Å². The number of nitrogens with zero attached hydrogens (tertiary/aromatic N) is 4. The zero-order valence-electron chi connectivity index (χ0n) is 15.9. The van der Waals surface area contributed by atoms with E-state index < -0.39 is 0 Å². The molecule has 0 bridgehead atoms. The number of nitrogens with one attached hydrogen (secondary N) is 1. The van der Waals surface area contributed by atoms with Gasteiger partial charge >= 0.3 is 0 Å². The molecule has 2 amide bonds. The number of fused-ring (bicyclic) bond motifs is 1. The summed E-state index contributed by atoms with van der Waals surface area (Å²) in [5.41, 5.74) is 2.92. The van der Waals surface area contributed by atoms with Gasteiger partial charge in [0.25, 0.3) is 5.91 Å². The number of hydrogen-bond acceptors (Lipinski definition) is 4. The Morgan fingerprint density at radius 2 is 1.64 bits per heavy atom. The molecule has 2 aromatic heterocycles. The largest absolute Gasteiger partial charge is 0.339 e. The molecule has 1 saturated heterocycles. The van der Waals surface area contributed by atoms with Gasteiger partial charge in [0.15, 0.2) is 11.5 Å². The summed E-state index contributed by atoms with van der Waals surface area (Å²) in [6, 6.07) is 11.1. The predicted molar refractivity (Wildman–Crippen MR) is 107 cm³/mol. The monoisotopic (exact) mass is 377 g/mol. The van der Waals surface area contributed by atoms with Crippen LogP contribution in [-0.2, 0) is 4.79 Å². The maximum atomic E-state index is 12.8. The van der Waals surface area contributed by atoms with E-state index in [1.807, 2.05) is 33.6 Å². The number of carbonyl (C=O) groups excluding carboxylic acids is 2. The number of hydrogen-bond donors (Lipinski definition) is 1. The van der Waals surface area contributed by atoms with Gasteiger partial charge in [0, 0.05) is 37.3 Å². The van der Waals surface area contributed by atoms with Crippen molar-refractivity contribution in [2.45, 2.75) is 32.6 Å². The molecule has 0 unspecified atom stereocenters. The van der Waals surface area contributed by atoms with Crippen molar-refractivity contribution in [1.82, 2.24) is 19.5 Å². The van der Waals surface area contributed by atoms with Crippen LogP contribution in [0.2, 0.25) is 0 Å². The molecule has 3 heterocycles. The molecule has 0 spiro atoms. The van der Waals surface area contributed by atoms with Gasteiger partial charge in [0.1, 0.15) is 0 Å². The Labute approximate surface area is 163 Å². The van der Waals surface area contributed by atoms with Gasteiger partial charge in [-0.2, -0.15) is 0 Å². The highest BCUT2D eigenvalue weighted by Gasteiger charge is 2.17. The molecule has 7 heteroatoms. The summed E-state index contributed by atoms with van der Waals surface area (Å²) >= 11 is 0. The summed E-state index contributed by atoms with van der Waals surface area (Å²) in [5.74, 6) is 0.619. The van der Waals surface area contributed by atoms with E-state index in [4.69, 9.17) is 0 Å². The summed E-state index contributed by atoms with van der Waals surface area (Å²) in [5, 5.41) is 11.2. The van der Waals surface area contributed by atoms with E-state index in [1.54, 1.807) is 18.3 Å². The molecule has 3 aromatic rings. The van der Waals surface area contributed by atoms with Gasteiger partial charge in [-0.05, 0) is 37.1 Å². The van der Waals surface area contributed by atoms with E-state index in [1.165, 1.54) is 19.8 Å². The highest BCUT2D eigenvalue weighted by molar-refractivity contribution is 5.94. The third-order valence-corrected chi connectivity index (χ3v) is 5.01. The minimum atomic E-state index is -0.134. The molecule has 28 heavy (non-hydrogen) atoms. The summed E-state index contributed by atoms with van der Waals surface area (Å²) in [6.45, 7) is 3.14. The number of aromatic nitrogens is 3. The van der Waals surface area contributed by atoms with Gasteiger partial charge in [-0.15, -0.1) is 10.2 Å². The Kier molecular flexibility index (Phi) is 5.06. The summed E-state index contributed by atoms with van der Waals surface area (Å²) in [7, 11) is 0. The van der Waals surface area contributed by atoms with Crippen LogP contribution in [-0.4, -0.2) is 44.4 Å². The molecule has 1 fully saturated rings. The first kappa shape index (κ1) is 18.2. The first-order chi connectivity index (χ1) is 13.6. The summed E-state index contributed by atoms with van der Waals surface area (Å²) in [6.07, 6.45) is 6.34. The van der Waals surface area contributed by atoms with Crippen LogP contribution in [0.15, 0.2) is 42.6 Å². The smallest absolute Gasteiger partial charge is 0.253 e. The van der Waals surface area contributed by atoms with E-state index in [2.05, 4.69) is 15.5 Å². The minimum Gasteiger partial charge on any atom is -0.339 e. The van der Waals surface area contributed by atoms with E-state index >= 15 is 0 Å². The number of amides is 2. The lowest BCUT2D eigenvalue weighted by Gasteiger charge is -2.20. The molecule has 1 aromatic carbocycles. The molecule has 1 N–H and O–H groups in total. The van der Waals surface area contributed by atoms with Gasteiger partial charge in [0.2, 0.25) is 5.91 Å². The zero-order valence-corrected chi connectivity index (χ0v) is 15.9. The number of pyridine rings is 1. The molecule has 0 radical (unpaired) electrons. The van der Waals surface area contributed by atoms with Crippen molar-refractivity contribution in [3.8, 4) is 11.4 Å². The third kappa shape index (κ3) is 3.74.